The van der Waals surface area contributed by atoms with Gasteiger partial charge in [-0.05, 0) is 31.9 Å². The first-order valence-corrected chi connectivity index (χ1v) is 9.30. The molecule has 1 atom stereocenters. The first-order valence-electron chi connectivity index (χ1n) is 9.30. The molecule has 0 radical (unpaired) electrons. The number of ether oxygens (including phenoxy) is 1. The average molecular weight is 484 g/mol. The molecule has 7 nitrogen and oxygen atoms in total. The third-order valence-corrected chi connectivity index (χ3v) is 4.64. The Morgan fingerprint density at radius 2 is 2.15 bits per heavy atom. The van der Waals surface area contributed by atoms with Gasteiger partial charge in [0, 0.05) is 19.6 Å². The summed E-state index contributed by atoms with van der Waals surface area (Å²) in [6.07, 6.45) is 1.81. The average Bonchev–Trinajstić information content (AvgIpc) is 3.13. The van der Waals surface area contributed by atoms with Gasteiger partial charge in [0.1, 0.15) is 19.0 Å². The molecule has 1 aliphatic rings. The smallest absolute Gasteiger partial charge is 0.194 e. The van der Waals surface area contributed by atoms with Crippen LogP contribution < -0.4 is 5.32 Å². The third kappa shape index (κ3) is 5.41. The monoisotopic (exact) mass is 484 g/mol. The van der Waals surface area contributed by atoms with Crippen LogP contribution in [0.1, 0.15) is 36.9 Å². The zero-order valence-electron chi connectivity index (χ0n) is 16.3. The van der Waals surface area contributed by atoms with Crippen molar-refractivity contribution in [2.24, 2.45) is 4.99 Å². The highest BCUT2D eigenvalue weighted by molar-refractivity contribution is 14.0. The van der Waals surface area contributed by atoms with E-state index < -0.39 is 0 Å². The third-order valence-electron chi connectivity index (χ3n) is 4.64. The number of morpholine rings is 1. The fraction of sp³-hybridized carbons (Fsp3) is 0.526. The lowest BCUT2D eigenvalue weighted by atomic mass is 10.0. The number of nitrogens with zero attached hydrogens (tertiary/aromatic N) is 5. The van der Waals surface area contributed by atoms with Gasteiger partial charge in [0.25, 0.3) is 0 Å². The van der Waals surface area contributed by atoms with Crippen molar-refractivity contribution in [3.05, 3.63) is 47.5 Å². The van der Waals surface area contributed by atoms with Crippen molar-refractivity contribution < 1.29 is 4.74 Å². The van der Waals surface area contributed by atoms with Crippen LogP contribution in [0.4, 0.5) is 0 Å². The molecule has 0 saturated carbocycles. The Labute approximate surface area is 178 Å². The zero-order chi connectivity index (χ0) is 18.4. The summed E-state index contributed by atoms with van der Waals surface area (Å²) in [7, 11) is 0. The Morgan fingerprint density at radius 1 is 1.33 bits per heavy atom. The second-order valence-electron chi connectivity index (χ2n) is 6.37. The Kier molecular flexibility index (Phi) is 8.49. The van der Waals surface area contributed by atoms with Crippen molar-refractivity contribution in [1.82, 2.24) is 25.0 Å². The van der Waals surface area contributed by atoms with Crippen LogP contribution in [0, 0.1) is 6.92 Å². The van der Waals surface area contributed by atoms with E-state index >= 15 is 0 Å². The highest BCUT2D eigenvalue weighted by atomic mass is 127. The predicted octanol–water partition coefficient (Wildman–Crippen LogP) is 2.76. The molecule has 2 aromatic rings. The second kappa shape index (κ2) is 10.6. The van der Waals surface area contributed by atoms with E-state index in [0.29, 0.717) is 13.2 Å². The van der Waals surface area contributed by atoms with Crippen molar-refractivity contribution in [3.8, 4) is 0 Å². The maximum absolute atomic E-state index is 6.04. The minimum atomic E-state index is 0. The first-order chi connectivity index (χ1) is 12.7. The Balaban J connectivity index is 0.00000261. The van der Waals surface area contributed by atoms with Crippen LogP contribution in [-0.2, 0) is 17.8 Å². The minimum Gasteiger partial charge on any atom is -0.370 e. The largest absolute Gasteiger partial charge is 0.370 e. The second-order valence-corrected chi connectivity index (χ2v) is 6.37. The van der Waals surface area contributed by atoms with Crippen molar-refractivity contribution in [2.75, 3.05) is 26.2 Å². The van der Waals surface area contributed by atoms with Gasteiger partial charge in [-0.2, -0.15) is 0 Å². The quantitative estimate of drug-likeness (QED) is 0.402. The van der Waals surface area contributed by atoms with Gasteiger partial charge >= 0.3 is 0 Å². The van der Waals surface area contributed by atoms with Crippen molar-refractivity contribution in [2.45, 2.75) is 40.0 Å². The molecule has 1 aliphatic heterocycles. The molecule has 1 saturated heterocycles. The van der Waals surface area contributed by atoms with Gasteiger partial charge in [0.15, 0.2) is 11.8 Å². The minimum absolute atomic E-state index is 0. The number of guanidine groups is 1. The van der Waals surface area contributed by atoms with Crippen LogP contribution >= 0.6 is 24.0 Å². The summed E-state index contributed by atoms with van der Waals surface area (Å²) in [4.78, 5) is 7.07. The van der Waals surface area contributed by atoms with Gasteiger partial charge in [0.05, 0.1) is 13.2 Å². The lowest BCUT2D eigenvalue weighted by Gasteiger charge is -2.35. The number of halogens is 1. The van der Waals surface area contributed by atoms with Gasteiger partial charge in [0.2, 0.25) is 0 Å². The molecule has 2 heterocycles. The molecular formula is C19H29IN6O. The van der Waals surface area contributed by atoms with E-state index in [1.165, 1.54) is 11.1 Å². The lowest BCUT2D eigenvalue weighted by Crippen LogP contribution is -2.48. The fourth-order valence-electron chi connectivity index (χ4n) is 3.21. The van der Waals surface area contributed by atoms with Crippen LogP contribution in [0.25, 0.3) is 0 Å². The van der Waals surface area contributed by atoms with Gasteiger partial charge in [-0.15, -0.1) is 34.2 Å². The molecule has 3 rings (SSSR count). The number of hydrogen-bond donors (Lipinski definition) is 1. The van der Waals surface area contributed by atoms with E-state index in [1.807, 2.05) is 4.57 Å². The number of aliphatic imine (C=N–C) groups is 1. The Bertz CT molecular complexity index is 747. The zero-order valence-corrected chi connectivity index (χ0v) is 18.6. The Hall–Kier alpha value is -1.68. The highest BCUT2D eigenvalue weighted by Crippen LogP contribution is 2.25. The molecule has 0 bridgehead atoms. The predicted molar refractivity (Wildman–Crippen MR) is 117 cm³/mol. The first kappa shape index (κ1) is 21.6. The molecule has 1 unspecified atom stereocenters. The molecular weight excluding hydrogens is 455 g/mol. The van der Waals surface area contributed by atoms with E-state index in [1.54, 1.807) is 6.33 Å². The molecule has 1 fully saturated rings. The van der Waals surface area contributed by atoms with Crippen LogP contribution in [0.3, 0.4) is 0 Å². The number of benzene rings is 1. The fourth-order valence-corrected chi connectivity index (χ4v) is 3.21. The number of nitrogens with one attached hydrogen (secondary N) is 1. The van der Waals surface area contributed by atoms with Crippen LogP contribution in [0.5, 0.6) is 0 Å². The van der Waals surface area contributed by atoms with E-state index in [0.717, 1.165) is 38.0 Å². The summed E-state index contributed by atoms with van der Waals surface area (Å²) in [6.45, 7) is 10.8. The molecule has 8 heteroatoms. The maximum atomic E-state index is 6.04. The number of aryl methyl sites for hydroxylation is 2. The maximum Gasteiger partial charge on any atom is 0.194 e. The lowest BCUT2D eigenvalue weighted by molar-refractivity contribution is -0.00834. The van der Waals surface area contributed by atoms with Crippen molar-refractivity contribution in [1.29, 1.82) is 0 Å². The van der Waals surface area contributed by atoms with E-state index in [-0.39, 0.29) is 30.1 Å². The molecule has 0 amide bonds. The van der Waals surface area contributed by atoms with E-state index in [2.05, 4.69) is 65.5 Å². The summed E-state index contributed by atoms with van der Waals surface area (Å²) in [5, 5.41) is 11.6. The van der Waals surface area contributed by atoms with Crippen LogP contribution in [-0.4, -0.2) is 51.9 Å². The molecule has 0 spiro atoms. The van der Waals surface area contributed by atoms with Gasteiger partial charge in [-0.3, -0.25) is 0 Å². The van der Waals surface area contributed by atoms with Crippen molar-refractivity contribution >= 4 is 29.9 Å². The van der Waals surface area contributed by atoms with Gasteiger partial charge < -0.3 is 19.5 Å². The standard InChI is InChI=1S/C19H28N6O.HI/c1-4-20-19(21-12-18-23-22-14-24(18)5-2)25-10-11-26-17(13-25)16-9-7-6-8-15(16)3;/h6-9,14,17H,4-5,10-13H2,1-3H3,(H,20,21);1H. The molecule has 1 N–H and O–H groups in total. The highest BCUT2D eigenvalue weighted by Gasteiger charge is 2.25. The SMILES string of the molecule is CCNC(=NCc1nncn1CC)N1CCOC(c2ccccc2C)C1.I. The molecule has 27 heavy (non-hydrogen) atoms. The molecule has 148 valence electrons. The summed E-state index contributed by atoms with van der Waals surface area (Å²) in [6, 6.07) is 8.42. The van der Waals surface area contributed by atoms with Gasteiger partial charge in [-0.25, -0.2) is 4.99 Å². The number of aromatic nitrogens is 3. The van der Waals surface area contributed by atoms with Gasteiger partial charge in [-0.1, -0.05) is 24.3 Å². The van der Waals surface area contributed by atoms with E-state index in [4.69, 9.17) is 9.73 Å². The number of hydrogen-bond acceptors (Lipinski definition) is 4. The molecule has 1 aromatic heterocycles. The summed E-state index contributed by atoms with van der Waals surface area (Å²) in [5.41, 5.74) is 2.51. The number of rotatable bonds is 5. The van der Waals surface area contributed by atoms with E-state index in [9.17, 15) is 0 Å². The molecule has 1 aromatic carbocycles. The van der Waals surface area contributed by atoms with Crippen molar-refractivity contribution in [3.63, 3.8) is 0 Å². The summed E-state index contributed by atoms with van der Waals surface area (Å²) in [5.74, 6) is 1.78. The topological polar surface area (TPSA) is 67.6 Å². The summed E-state index contributed by atoms with van der Waals surface area (Å²) < 4.78 is 8.06. The van der Waals surface area contributed by atoms with Crippen LogP contribution in [0.2, 0.25) is 0 Å². The normalized spacial score (nSPS) is 17.5. The van der Waals surface area contributed by atoms with Crippen LogP contribution in [0.15, 0.2) is 35.6 Å². The Morgan fingerprint density at radius 3 is 2.89 bits per heavy atom. The molecule has 0 aliphatic carbocycles. The summed E-state index contributed by atoms with van der Waals surface area (Å²) >= 11 is 0.